The molecule has 2 rings (SSSR count). The molecule has 5 nitrogen and oxygen atoms in total. The van der Waals surface area contributed by atoms with Crippen LogP contribution in [0.25, 0.3) is 0 Å². The molecule has 7 heteroatoms. The predicted octanol–water partition coefficient (Wildman–Crippen LogP) is 2.13. The van der Waals surface area contributed by atoms with Crippen LogP contribution in [0, 0.1) is 6.92 Å². The first-order valence-electron chi connectivity index (χ1n) is 5.90. The molecule has 0 radical (unpaired) electrons. The van der Waals surface area contributed by atoms with Crippen LogP contribution in [0.3, 0.4) is 0 Å². The third-order valence-corrected chi connectivity index (χ3v) is 5.33. The lowest BCUT2D eigenvalue weighted by atomic mass is 10.3. The van der Waals surface area contributed by atoms with Gasteiger partial charge in [0, 0.05) is 17.5 Å². The summed E-state index contributed by atoms with van der Waals surface area (Å²) in [7, 11) is -2.13. The number of thiophene rings is 1. The average molecular weight is 312 g/mol. The summed E-state index contributed by atoms with van der Waals surface area (Å²) in [5.74, 6) is 0.347. The number of benzene rings is 1. The minimum absolute atomic E-state index is 0.137. The van der Waals surface area contributed by atoms with E-state index in [1.165, 1.54) is 36.6 Å². The van der Waals surface area contributed by atoms with Crippen molar-refractivity contribution in [3.05, 3.63) is 40.1 Å². The van der Waals surface area contributed by atoms with Crippen LogP contribution in [-0.2, 0) is 16.6 Å². The van der Waals surface area contributed by atoms with Gasteiger partial charge in [0.25, 0.3) is 0 Å². The van der Waals surface area contributed by atoms with E-state index in [1.807, 2.05) is 18.4 Å². The molecule has 1 aromatic carbocycles. The highest BCUT2D eigenvalue weighted by Gasteiger charge is 2.16. The Bertz CT molecular complexity index is 708. The number of anilines is 1. The van der Waals surface area contributed by atoms with E-state index in [0.717, 1.165) is 10.4 Å². The standard InChI is InChI=1S/C13H16N2O3S2/c1-9-5-6-19-13(9)8-15-20(16,17)10-3-4-11(14)12(7-10)18-2/h3-7,15H,8,14H2,1-2H3. The highest BCUT2D eigenvalue weighted by molar-refractivity contribution is 7.89. The lowest BCUT2D eigenvalue weighted by molar-refractivity contribution is 0.415. The zero-order valence-corrected chi connectivity index (χ0v) is 12.8. The maximum absolute atomic E-state index is 12.2. The van der Waals surface area contributed by atoms with Gasteiger partial charge in [-0.2, -0.15) is 0 Å². The maximum atomic E-state index is 12.2. The molecule has 0 atom stereocenters. The van der Waals surface area contributed by atoms with E-state index >= 15 is 0 Å². The summed E-state index contributed by atoms with van der Waals surface area (Å²) in [6.45, 7) is 2.23. The summed E-state index contributed by atoms with van der Waals surface area (Å²) in [5, 5.41) is 1.94. The fourth-order valence-corrected chi connectivity index (χ4v) is 3.64. The van der Waals surface area contributed by atoms with Gasteiger partial charge in [-0.05, 0) is 36.1 Å². The number of sulfonamides is 1. The van der Waals surface area contributed by atoms with Crippen molar-refractivity contribution in [3.63, 3.8) is 0 Å². The molecule has 0 amide bonds. The summed E-state index contributed by atoms with van der Waals surface area (Å²) < 4.78 is 32.0. The van der Waals surface area contributed by atoms with Gasteiger partial charge in [-0.15, -0.1) is 11.3 Å². The second-order valence-corrected chi connectivity index (χ2v) is 7.02. The van der Waals surface area contributed by atoms with E-state index < -0.39 is 10.0 Å². The van der Waals surface area contributed by atoms with E-state index in [2.05, 4.69) is 4.72 Å². The van der Waals surface area contributed by atoms with Crippen LogP contribution in [0.2, 0.25) is 0 Å². The van der Waals surface area contributed by atoms with Gasteiger partial charge in [-0.3, -0.25) is 0 Å². The van der Waals surface area contributed by atoms with Crippen LogP contribution in [0.1, 0.15) is 10.4 Å². The minimum Gasteiger partial charge on any atom is -0.495 e. The fraction of sp³-hybridized carbons (Fsp3) is 0.231. The number of methoxy groups -OCH3 is 1. The van der Waals surface area contributed by atoms with Crippen LogP contribution in [0.15, 0.2) is 34.5 Å². The van der Waals surface area contributed by atoms with Crippen LogP contribution in [-0.4, -0.2) is 15.5 Å². The fourth-order valence-electron chi connectivity index (χ4n) is 1.69. The first-order chi connectivity index (χ1) is 9.44. The molecule has 0 spiro atoms. The van der Waals surface area contributed by atoms with Crippen molar-refractivity contribution in [3.8, 4) is 5.75 Å². The molecule has 0 aliphatic carbocycles. The van der Waals surface area contributed by atoms with E-state index in [1.54, 1.807) is 0 Å². The molecule has 2 aromatic rings. The second kappa shape index (κ2) is 5.82. The molecule has 20 heavy (non-hydrogen) atoms. The van der Waals surface area contributed by atoms with Crippen molar-refractivity contribution < 1.29 is 13.2 Å². The molecule has 0 aliphatic rings. The summed E-state index contributed by atoms with van der Waals surface area (Å²) >= 11 is 1.52. The Morgan fingerprint density at radius 2 is 2.10 bits per heavy atom. The van der Waals surface area contributed by atoms with Crippen molar-refractivity contribution >= 4 is 27.0 Å². The Morgan fingerprint density at radius 3 is 2.70 bits per heavy atom. The van der Waals surface area contributed by atoms with Gasteiger partial charge >= 0.3 is 0 Å². The third-order valence-electron chi connectivity index (χ3n) is 2.91. The van der Waals surface area contributed by atoms with Gasteiger partial charge in [-0.25, -0.2) is 13.1 Å². The SMILES string of the molecule is COc1cc(S(=O)(=O)NCc2sccc2C)ccc1N. The number of aryl methyl sites for hydroxylation is 1. The highest BCUT2D eigenvalue weighted by atomic mass is 32.2. The topological polar surface area (TPSA) is 81.4 Å². The Labute approximate surface area is 122 Å². The van der Waals surface area contributed by atoms with E-state index in [9.17, 15) is 8.42 Å². The molecule has 0 unspecified atom stereocenters. The molecule has 0 saturated heterocycles. The third kappa shape index (κ3) is 3.12. The highest BCUT2D eigenvalue weighted by Crippen LogP contribution is 2.25. The molecular formula is C13H16N2O3S2. The van der Waals surface area contributed by atoms with Crippen molar-refractivity contribution in [1.82, 2.24) is 4.72 Å². The smallest absolute Gasteiger partial charge is 0.241 e. The monoisotopic (exact) mass is 312 g/mol. The lowest BCUT2D eigenvalue weighted by Crippen LogP contribution is -2.23. The molecule has 1 aromatic heterocycles. The molecule has 0 saturated carbocycles. The summed E-state index contributed by atoms with van der Waals surface area (Å²) in [6, 6.07) is 6.35. The number of rotatable bonds is 5. The Balaban J connectivity index is 2.20. The quantitative estimate of drug-likeness (QED) is 0.829. The summed E-state index contributed by atoms with van der Waals surface area (Å²) in [5.41, 5.74) is 7.16. The van der Waals surface area contributed by atoms with Gasteiger partial charge in [-0.1, -0.05) is 0 Å². The number of hydrogen-bond acceptors (Lipinski definition) is 5. The van der Waals surface area contributed by atoms with Crippen molar-refractivity contribution in [2.75, 3.05) is 12.8 Å². The predicted molar refractivity (Wildman–Crippen MR) is 80.5 cm³/mol. The average Bonchev–Trinajstić information content (AvgIpc) is 2.82. The Kier molecular flexibility index (Phi) is 4.32. The number of ether oxygens (including phenoxy) is 1. The normalized spacial score (nSPS) is 11.5. The zero-order chi connectivity index (χ0) is 14.8. The molecule has 1 heterocycles. The van der Waals surface area contributed by atoms with Gasteiger partial charge in [0.05, 0.1) is 17.7 Å². The molecule has 108 valence electrons. The van der Waals surface area contributed by atoms with E-state index in [4.69, 9.17) is 10.5 Å². The molecule has 3 N–H and O–H groups in total. The number of hydrogen-bond donors (Lipinski definition) is 2. The van der Waals surface area contributed by atoms with Gasteiger partial charge in [0.15, 0.2) is 0 Å². The van der Waals surface area contributed by atoms with Gasteiger partial charge < -0.3 is 10.5 Å². The van der Waals surface area contributed by atoms with Crippen LogP contribution in [0.5, 0.6) is 5.75 Å². The zero-order valence-electron chi connectivity index (χ0n) is 11.2. The van der Waals surface area contributed by atoms with Crippen LogP contribution >= 0.6 is 11.3 Å². The van der Waals surface area contributed by atoms with E-state index in [-0.39, 0.29) is 11.4 Å². The van der Waals surface area contributed by atoms with Crippen LogP contribution < -0.4 is 15.2 Å². The lowest BCUT2D eigenvalue weighted by Gasteiger charge is -2.09. The molecular weight excluding hydrogens is 296 g/mol. The molecule has 0 fully saturated rings. The second-order valence-electron chi connectivity index (χ2n) is 4.26. The number of nitrogens with two attached hydrogens (primary N) is 1. The van der Waals surface area contributed by atoms with Crippen LogP contribution in [0.4, 0.5) is 5.69 Å². The minimum atomic E-state index is -3.58. The molecule has 0 bridgehead atoms. The maximum Gasteiger partial charge on any atom is 0.241 e. The van der Waals surface area contributed by atoms with Crippen molar-refractivity contribution in [2.24, 2.45) is 0 Å². The van der Waals surface area contributed by atoms with Crippen molar-refractivity contribution in [2.45, 2.75) is 18.4 Å². The van der Waals surface area contributed by atoms with Crippen molar-refractivity contribution in [1.29, 1.82) is 0 Å². The number of nitrogens with one attached hydrogen (secondary N) is 1. The molecule has 0 aliphatic heterocycles. The summed E-state index contributed by atoms with van der Waals surface area (Å²) in [6.07, 6.45) is 0. The van der Waals surface area contributed by atoms with Gasteiger partial charge in [0.1, 0.15) is 5.75 Å². The number of nitrogen functional groups attached to an aromatic ring is 1. The Hall–Kier alpha value is -1.57. The largest absolute Gasteiger partial charge is 0.495 e. The first-order valence-corrected chi connectivity index (χ1v) is 8.26. The van der Waals surface area contributed by atoms with Gasteiger partial charge in [0.2, 0.25) is 10.0 Å². The van der Waals surface area contributed by atoms with E-state index in [0.29, 0.717) is 11.4 Å². The Morgan fingerprint density at radius 1 is 1.35 bits per heavy atom. The first kappa shape index (κ1) is 14.8. The summed E-state index contributed by atoms with van der Waals surface area (Å²) in [4.78, 5) is 1.13.